The second-order valence-electron chi connectivity index (χ2n) is 3.45. The van der Waals surface area contributed by atoms with Crippen LogP contribution in [-0.2, 0) is 6.54 Å². The number of hydrogen-bond acceptors (Lipinski definition) is 3. The van der Waals surface area contributed by atoms with Gasteiger partial charge >= 0.3 is 0 Å². The standard InChI is InChI=1S/C13H10N2O2/c14-8-10-3-1-4-11(7-10)13(16)15-9-12-5-2-6-17-12/h1-7H,9H2,(H,15,16). The Morgan fingerprint density at radius 1 is 1.35 bits per heavy atom. The largest absolute Gasteiger partial charge is 0.467 e. The molecule has 0 radical (unpaired) electrons. The predicted molar refractivity (Wildman–Crippen MR) is 61.0 cm³/mol. The van der Waals surface area contributed by atoms with Crippen molar-refractivity contribution in [1.82, 2.24) is 5.32 Å². The van der Waals surface area contributed by atoms with Crippen LogP contribution in [-0.4, -0.2) is 5.91 Å². The van der Waals surface area contributed by atoms with Gasteiger partial charge in [-0.1, -0.05) is 6.07 Å². The monoisotopic (exact) mass is 226 g/mol. The van der Waals surface area contributed by atoms with Crippen molar-refractivity contribution in [3.8, 4) is 6.07 Å². The minimum atomic E-state index is -0.224. The second kappa shape index (κ2) is 4.99. The van der Waals surface area contributed by atoms with Crippen LogP contribution in [0.4, 0.5) is 0 Å². The van der Waals surface area contributed by atoms with E-state index in [1.165, 1.54) is 0 Å². The van der Waals surface area contributed by atoms with Crippen LogP contribution < -0.4 is 5.32 Å². The van der Waals surface area contributed by atoms with Crippen LogP contribution in [0.25, 0.3) is 0 Å². The maximum atomic E-state index is 11.7. The number of furan rings is 1. The molecule has 0 saturated heterocycles. The summed E-state index contributed by atoms with van der Waals surface area (Å²) in [7, 11) is 0. The molecule has 4 nitrogen and oxygen atoms in total. The molecule has 0 aliphatic carbocycles. The third kappa shape index (κ3) is 2.73. The summed E-state index contributed by atoms with van der Waals surface area (Å²) in [6.45, 7) is 0.336. The molecule has 17 heavy (non-hydrogen) atoms. The van der Waals surface area contributed by atoms with Gasteiger partial charge in [0.2, 0.25) is 0 Å². The van der Waals surface area contributed by atoms with Crippen LogP contribution in [0.5, 0.6) is 0 Å². The number of hydrogen-bond donors (Lipinski definition) is 1. The maximum absolute atomic E-state index is 11.7. The number of benzene rings is 1. The Labute approximate surface area is 98.5 Å². The van der Waals surface area contributed by atoms with Gasteiger partial charge < -0.3 is 9.73 Å². The van der Waals surface area contributed by atoms with Crippen molar-refractivity contribution in [3.05, 3.63) is 59.5 Å². The topological polar surface area (TPSA) is 66.0 Å². The summed E-state index contributed by atoms with van der Waals surface area (Å²) in [5.74, 6) is 0.466. The number of nitrogens with zero attached hydrogens (tertiary/aromatic N) is 1. The highest BCUT2D eigenvalue weighted by molar-refractivity contribution is 5.94. The number of amides is 1. The zero-order valence-corrected chi connectivity index (χ0v) is 9.01. The molecular formula is C13H10N2O2. The van der Waals surface area contributed by atoms with E-state index in [0.717, 1.165) is 0 Å². The summed E-state index contributed by atoms with van der Waals surface area (Å²) >= 11 is 0. The van der Waals surface area contributed by atoms with Gasteiger partial charge in [0.05, 0.1) is 24.4 Å². The lowest BCUT2D eigenvalue weighted by Gasteiger charge is -2.03. The smallest absolute Gasteiger partial charge is 0.251 e. The van der Waals surface area contributed by atoms with Crippen LogP contribution in [0, 0.1) is 11.3 Å². The number of nitrogens with one attached hydrogen (secondary N) is 1. The van der Waals surface area contributed by atoms with Crippen molar-refractivity contribution in [2.24, 2.45) is 0 Å². The summed E-state index contributed by atoms with van der Waals surface area (Å²) in [6.07, 6.45) is 1.55. The first kappa shape index (κ1) is 11.0. The van der Waals surface area contributed by atoms with E-state index in [1.54, 1.807) is 42.7 Å². The first-order chi connectivity index (χ1) is 8.29. The number of nitriles is 1. The average Bonchev–Trinajstić information content (AvgIpc) is 2.89. The molecule has 0 atom stereocenters. The Balaban J connectivity index is 2.02. The van der Waals surface area contributed by atoms with Crippen molar-refractivity contribution in [3.63, 3.8) is 0 Å². The molecule has 0 saturated carbocycles. The zero-order valence-electron chi connectivity index (χ0n) is 9.01. The molecule has 0 aliphatic heterocycles. The summed E-state index contributed by atoms with van der Waals surface area (Å²) in [6, 6.07) is 12.1. The molecule has 0 fully saturated rings. The molecule has 0 bridgehead atoms. The molecule has 1 amide bonds. The molecule has 0 unspecified atom stereocenters. The molecule has 0 aliphatic rings. The molecule has 1 aromatic carbocycles. The van der Waals surface area contributed by atoms with Gasteiger partial charge in [-0.05, 0) is 30.3 Å². The summed E-state index contributed by atoms with van der Waals surface area (Å²) < 4.78 is 5.10. The number of rotatable bonds is 3. The normalized spacial score (nSPS) is 9.59. The minimum absolute atomic E-state index is 0.224. The van der Waals surface area contributed by atoms with Crippen molar-refractivity contribution >= 4 is 5.91 Å². The first-order valence-electron chi connectivity index (χ1n) is 5.10. The lowest BCUT2D eigenvalue weighted by Crippen LogP contribution is -2.22. The molecule has 0 spiro atoms. The van der Waals surface area contributed by atoms with Crippen LogP contribution >= 0.6 is 0 Å². The molecule has 4 heteroatoms. The van der Waals surface area contributed by atoms with Crippen LogP contribution in [0.1, 0.15) is 21.7 Å². The Morgan fingerprint density at radius 3 is 2.94 bits per heavy atom. The molecule has 1 heterocycles. The summed E-state index contributed by atoms with van der Waals surface area (Å²) in [5, 5.41) is 11.4. The van der Waals surface area contributed by atoms with Gasteiger partial charge in [0.1, 0.15) is 5.76 Å². The van der Waals surface area contributed by atoms with E-state index < -0.39 is 0 Å². The van der Waals surface area contributed by atoms with Crippen LogP contribution in [0.15, 0.2) is 47.1 Å². The van der Waals surface area contributed by atoms with E-state index in [9.17, 15) is 4.79 Å². The van der Waals surface area contributed by atoms with Crippen molar-refractivity contribution in [2.75, 3.05) is 0 Å². The maximum Gasteiger partial charge on any atom is 0.251 e. The van der Waals surface area contributed by atoms with Crippen LogP contribution in [0.2, 0.25) is 0 Å². The first-order valence-corrected chi connectivity index (χ1v) is 5.10. The minimum Gasteiger partial charge on any atom is -0.467 e. The molecule has 2 aromatic rings. The fraction of sp³-hybridized carbons (Fsp3) is 0.0769. The van der Waals surface area contributed by atoms with Gasteiger partial charge in [-0.2, -0.15) is 5.26 Å². The SMILES string of the molecule is N#Cc1cccc(C(=O)NCc2ccco2)c1. The Bertz CT molecular complexity index is 553. The highest BCUT2D eigenvalue weighted by Crippen LogP contribution is 2.05. The van der Waals surface area contributed by atoms with Gasteiger partial charge in [0.15, 0.2) is 0 Å². The van der Waals surface area contributed by atoms with Crippen LogP contribution in [0.3, 0.4) is 0 Å². The molecule has 1 aromatic heterocycles. The average molecular weight is 226 g/mol. The highest BCUT2D eigenvalue weighted by atomic mass is 16.3. The summed E-state index contributed by atoms with van der Waals surface area (Å²) in [5.41, 5.74) is 0.936. The van der Waals surface area contributed by atoms with Gasteiger partial charge in [-0.25, -0.2) is 0 Å². The number of carbonyl (C=O) groups excluding carboxylic acids is 1. The molecule has 84 valence electrons. The third-order valence-electron chi connectivity index (χ3n) is 2.26. The molecular weight excluding hydrogens is 216 g/mol. The second-order valence-corrected chi connectivity index (χ2v) is 3.45. The Hall–Kier alpha value is -2.54. The fourth-order valence-electron chi connectivity index (χ4n) is 1.41. The third-order valence-corrected chi connectivity index (χ3v) is 2.26. The highest BCUT2D eigenvalue weighted by Gasteiger charge is 2.06. The van der Waals surface area contributed by atoms with E-state index in [0.29, 0.717) is 23.4 Å². The van der Waals surface area contributed by atoms with E-state index in [2.05, 4.69) is 5.32 Å². The van der Waals surface area contributed by atoms with Crippen molar-refractivity contribution in [2.45, 2.75) is 6.54 Å². The fourth-order valence-corrected chi connectivity index (χ4v) is 1.41. The lowest BCUT2D eigenvalue weighted by molar-refractivity contribution is 0.0948. The number of carbonyl (C=O) groups is 1. The van der Waals surface area contributed by atoms with Gasteiger partial charge in [-0.3, -0.25) is 4.79 Å². The van der Waals surface area contributed by atoms with Gasteiger partial charge in [0, 0.05) is 5.56 Å². The zero-order chi connectivity index (χ0) is 12.1. The van der Waals surface area contributed by atoms with E-state index >= 15 is 0 Å². The molecule has 1 N–H and O–H groups in total. The predicted octanol–water partition coefficient (Wildman–Crippen LogP) is 2.08. The van der Waals surface area contributed by atoms with Gasteiger partial charge in [-0.15, -0.1) is 0 Å². The van der Waals surface area contributed by atoms with E-state index in [4.69, 9.17) is 9.68 Å². The van der Waals surface area contributed by atoms with Gasteiger partial charge in [0.25, 0.3) is 5.91 Å². The molecule has 2 rings (SSSR count). The van der Waals surface area contributed by atoms with E-state index in [1.807, 2.05) is 6.07 Å². The van der Waals surface area contributed by atoms with Crippen molar-refractivity contribution in [1.29, 1.82) is 5.26 Å². The van der Waals surface area contributed by atoms with E-state index in [-0.39, 0.29) is 5.91 Å². The Kier molecular flexibility index (Phi) is 3.22. The quantitative estimate of drug-likeness (QED) is 0.871. The van der Waals surface area contributed by atoms with Crippen molar-refractivity contribution < 1.29 is 9.21 Å². The summed E-state index contributed by atoms with van der Waals surface area (Å²) in [4.78, 5) is 11.7. The lowest BCUT2D eigenvalue weighted by atomic mass is 10.1. The Morgan fingerprint density at radius 2 is 2.24 bits per heavy atom.